The number of unbranched alkanes of at least 4 members (excludes halogenated alkanes) is 23. The average Bonchev–Trinajstić information content (AvgIpc) is 3.51. The lowest BCUT2D eigenvalue weighted by Gasteiger charge is -2.46. The second kappa shape index (κ2) is 51.3. The summed E-state index contributed by atoms with van der Waals surface area (Å²) in [5.74, 6) is -0.244. The molecule has 12 atom stereocenters. The second-order valence-corrected chi connectivity index (χ2v) is 22.2. The SMILES string of the molecule is CC/C=C\C/C=C\C/C=C\C/C=C\C/C=C\C/C=C\C/C=C\CCCCCCCCCCCCCCCCCC(=O)NC(COC1OC(CO)C(OC2OC(CO)C(O)C(O)C2O)C(O)C1O)C(O)/C=C/CCCCCCCCCC. The van der Waals surface area contributed by atoms with Crippen LogP contribution in [0.1, 0.15) is 226 Å². The van der Waals surface area contributed by atoms with Gasteiger partial charge in [0.15, 0.2) is 12.6 Å². The van der Waals surface area contributed by atoms with Gasteiger partial charge in [-0.1, -0.05) is 239 Å². The van der Waals surface area contributed by atoms with Crippen molar-refractivity contribution < 1.29 is 64.6 Å². The largest absolute Gasteiger partial charge is 0.394 e. The van der Waals surface area contributed by atoms with Crippen molar-refractivity contribution in [3.63, 3.8) is 0 Å². The van der Waals surface area contributed by atoms with Crippen molar-refractivity contribution >= 4 is 5.91 Å². The maximum absolute atomic E-state index is 13.2. The summed E-state index contributed by atoms with van der Waals surface area (Å²) in [4.78, 5) is 13.2. The number of hydrogen-bond acceptors (Lipinski definition) is 13. The summed E-state index contributed by atoms with van der Waals surface area (Å²) in [5, 5.41) is 86.9. The molecule has 466 valence electrons. The molecule has 0 aromatic carbocycles. The first-order valence-corrected chi connectivity index (χ1v) is 32.0. The molecule has 0 spiro atoms. The molecule has 2 aliphatic heterocycles. The van der Waals surface area contributed by atoms with Crippen molar-refractivity contribution in [3.05, 3.63) is 97.2 Å². The molecule has 0 aliphatic carbocycles. The van der Waals surface area contributed by atoms with Gasteiger partial charge >= 0.3 is 0 Å². The van der Waals surface area contributed by atoms with Gasteiger partial charge in [0.25, 0.3) is 0 Å². The number of amides is 1. The van der Waals surface area contributed by atoms with Crippen molar-refractivity contribution in [2.75, 3.05) is 19.8 Å². The Morgan fingerprint density at radius 1 is 0.457 bits per heavy atom. The highest BCUT2D eigenvalue weighted by Gasteiger charge is 2.51. The first kappa shape index (κ1) is 74.0. The minimum absolute atomic E-state index is 0.244. The van der Waals surface area contributed by atoms with E-state index in [1.165, 1.54) is 116 Å². The topological polar surface area (TPSA) is 228 Å². The summed E-state index contributed by atoms with van der Waals surface area (Å²) in [5.41, 5.74) is 0. The molecule has 2 heterocycles. The van der Waals surface area contributed by atoms with Crippen LogP contribution in [-0.4, -0.2) is 140 Å². The van der Waals surface area contributed by atoms with E-state index in [9.17, 15) is 45.6 Å². The average molecular weight is 1140 g/mol. The van der Waals surface area contributed by atoms with E-state index in [-0.39, 0.29) is 18.9 Å². The molecule has 0 aromatic rings. The van der Waals surface area contributed by atoms with Crippen LogP contribution in [0, 0.1) is 0 Å². The molecule has 14 heteroatoms. The fourth-order valence-corrected chi connectivity index (χ4v) is 9.92. The lowest BCUT2D eigenvalue weighted by Crippen LogP contribution is -2.65. The molecule has 12 unspecified atom stereocenters. The Hall–Kier alpha value is -3.09. The number of nitrogens with one attached hydrogen (secondary N) is 1. The zero-order valence-corrected chi connectivity index (χ0v) is 50.2. The quantitative estimate of drug-likeness (QED) is 0.0204. The molecular weight excluding hydrogens is 1030 g/mol. The molecule has 2 saturated heterocycles. The highest BCUT2D eigenvalue weighted by Crippen LogP contribution is 2.30. The van der Waals surface area contributed by atoms with E-state index >= 15 is 0 Å². The fraction of sp³-hybridized carbons (Fsp3) is 0.746. The Balaban J connectivity index is 1.59. The predicted molar refractivity (Wildman–Crippen MR) is 327 cm³/mol. The summed E-state index contributed by atoms with van der Waals surface area (Å²) in [6.45, 7) is 2.65. The van der Waals surface area contributed by atoms with Gasteiger partial charge in [0.05, 0.1) is 32.0 Å². The molecule has 0 bridgehead atoms. The molecule has 0 saturated carbocycles. The van der Waals surface area contributed by atoms with Crippen LogP contribution < -0.4 is 5.32 Å². The molecular formula is C67H115NO13. The Bertz CT molecular complexity index is 1730. The third-order valence-corrected chi connectivity index (χ3v) is 15.0. The zero-order chi connectivity index (χ0) is 58.8. The van der Waals surface area contributed by atoms with Crippen LogP contribution in [0.2, 0.25) is 0 Å². The van der Waals surface area contributed by atoms with Gasteiger partial charge in [-0.05, 0) is 77.0 Å². The molecule has 1 amide bonds. The molecule has 2 fully saturated rings. The van der Waals surface area contributed by atoms with E-state index in [4.69, 9.17) is 18.9 Å². The van der Waals surface area contributed by atoms with E-state index in [0.29, 0.717) is 6.42 Å². The number of hydrogen-bond donors (Lipinski definition) is 9. The van der Waals surface area contributed by atoms with Crippen molar-refractivity contribution in [2.45, 2.75) is 299 Å². The molecule has 81 heavy (non-hydrogen) atoms. The Kier molecular flexibility index (Phi) is 46.9. The first-order valence-electron chi connectivity index (χ1n) is 32.0. The van der Waals surface area contributed by atoms with E-state index in [1.54, 1.807) is 6.08 Å². The summed E-state index contributed by atoms with van der Waals surface area (Å²) in [7, 11) is 0. The van der Waals surface area contributed by atoms with Crippen molar-refractivity contribution in [1.29, 1.82) is 0 Å². The van der Waals surface area contributed by atoms with Crippen molar-refractivity contribution in [2.24, 2.45) is 0 Å². The molecule has 2 aliphatic rings. The zero-order valence-electron chi connectivity index (χ0n) is 50.2. The highest BCUT2D eigenvalue weighted by molar-refractivity contribution is 5.76. The van der Waals surface area contributed by atoms with E-state index in [2.05, 4.69) is 104 Å². The standard InChI is InChI=1S/C67H115NO13/c1-3-5-7-9-11-13-15-16-17-18-19-20-21-22-23-24-25-26-27-28-29-30-31-32-33-34-35-36-37-38-39-40-41-43-45-47-49-51-59(72)68-55(56(71)50-48-46-44-42-14-12-10-8-6-4-2)54-78-66-64(77)62(75)65(58(53-70)80-66)81-67-63(76)61(74)60(73)57(52-69)79-67/h5,7,11,13,16-17,19-20,22-23,25-26,28-29,48,50,55-58,60-67,69-71,73-77H,3-4,6,8-10,12,14-15,18,21,24,27,30-47,49,51-54H2,1-2H3,(H,68,72)/b7-5-,13-11-,17-16-,20-19-,23-22-,26-25-,29-28-,50-48+. The van der Waals surface area contributed by atoms with Crippen LogP contribution in [0.15, 0.2) is 97.2 Å². The molecule has 0 aromatic heterocycles. The molecule has 0 radical (unpaired) electrons. The van der Waals surface area contributed by atoms with Crippen molar-refractivity contribution in [3.8, 4) is 0 Å². The van der Waals surface area contributed by atoms with E-state index in [0.717, 1.165) is 83.5 Å². The number of ether oxygens (including phenoxy) is 4. The summed E-state index contributed by atoms with van der Waals surface area (Å²) in [6, 6.07) is -0.917. The number of aliphatic hydroxyl groups is 8. The molecule has 14 nitrogen and oxygen atoms in total. The number of carbonyl (C=O) groups excluding carboxylic acids is 1. The van der Waals surface area contributed by atoms with Crippen LogP contribution in [0.4, 0.5) is 0 Å². The summed E-state index contributed by atoms with van der Waals surface area (Å²) < 4.78 is 22.7. The van der Waals surface area contributed by atoms with Crippen LogP contribution in [0.5, 0.6) is 0 Å². The second-order valence-electron chi connectivity index (χ2n) is 22.2. The Morgan fingerprint density at radius 2 is 0.852 bits per heavy atom. The van der Waals surface area contributed by atoms with Crippen molar-refractivity contribution in [1.82, 2.24) is 5.32 Å². The lowest BCUT2D eigenvalue weighted by atomic mass is 9.97. The van der Waals surface area contributed by atoms with Crippen LogP contribution in [-0.2, 0) is 23.7 Å². The highest BCUT2D eigenvalue weighted by atomic mass is 16.7. The maximum Gasteiger partial charge on any atom is 0.220 e. The molecule has 2 rings (SSSR count). The van der Waals surface area contributed by atoms with Gasteiger partial charge in [-0.3, -0.25) is 4.79 Å². The third-order valence-electron chi connectivity index (χ3n) is 15.0. The number of aliphatic hydroxyl groups excluding tert-OH is 8. The number of rotatable bonds is 50. The van der Waals surface area contributed by atoms with Gasteiger partial charge in [0.2, 0.25) is 5.91 Å². The van der Waals surface area contributed by atoms with Crippen LogP contribution >= 0.6 is 0 Å². The summed E-state index contributed by atoms with van der Waals surface area (Å²) in [6.07, 6.45) is 54.8. The fourth-order valence-electron chi connectivity index (χ4n) is 9.92. The minimum atomic E-state index is -1.79. The van der Waals surface area contributed by atoms with Crippen LogP contribution in [0.3, 0.4) is 0 Å². The van der Waals surface area contributed by atoms with Gasteiger partial charge in [-0.15, -0.1) is 0 Å². The minimum Gasteiger partial charge on any atom is -0.394 e. The van der Waals surface area contributed by atoms with Gasteiger partial charge < -0.3 is 65.1 Å². The van der Waals surface area contributed by atoms with Crippen LogP contribution in [0.25, 0.3) is 0 Å². The molecule has 9 N–H and O–H groups in total. The lowest BCUT2D eigenvalue weighted by molar-refractivity contribution is -0.359. The van der Waals surface area contributed by atoms with Gasteiger partial charge in [0.1, 0.15) is 48.8 Å². The number of carbonyl (C=O) groups is 1. The predicted octanol–water partition coefficient (Wildman–Crippen LogP) is 11.8. The van der Waals surface area contributed by atoms with Gasteiger partial charge in [-0.25, -0.2) is 0 Å². The van der Waals surface area contributed by atoms with Gasteiger partial charge in [-0.2, -0.15) is 0 Å². The Labute approximate surface area is 490 Å². The third kappa shape index (κ3) is 36.4. The number of allylic oxidation sites excluding steroid dienone is 15. The normalized spacial score (nSPS) is 24.8. The monoisotopic (exact) mass is 1140 g/mol. The van der Waals surface area contributed by atoms with E-state index in [1.807, 2.05) is 6.08 Å². The smallest absolute Gasteiger partial charge is 0.220 e. The summed E-state index contributed by atoms with van der Waals surface area (Å²) >= 11 is 0. The first-order chi connectivity index (χ1) is 39.6. The van der Waals surface area contributed by atoms with Gasteiger partial charge in [0, 0.05) is 6.42 Å². The maximum atomic E-state index is 13.2. The Morgan fingerprint density at radius 3 is 1.31 bits per heavy atom. The van der Waals surface area contributed by atoms with E-state index < -0.39 is 86.8 Å².